The number of ketones is 1. The minimum Gasteiger partial charge on any atom is -0.453 e. The molecule has 0 aliphatic rings. The van der Waals surface area contributed by atoms with Crippen LogP contribution in [0.4, 0.5) is 4.79 Å². The van der Waals surface area contributed by atoms with Crippen LogP contribution in [-0.4, -0.2) is 25.0 Å². The number of Topliss-reactive ketones (excluding diaryl/α,β-unsaturated/α-hetero) is 1. The normalized spacial score (nSPS) is 12.4. The number of hydrogen-bond donors (Lipinski definition) is 1. The number of carbonyl (C=O) groups is 2. The maximum atomic E-state index is 11.6. The van der Waals surface area contributed by atoms with Gasteiger partial charge in [-0.1, -0.05) is 27.2 Å². The standard InChI is InChI=1S/C10H19NO3/c1-5-6-8(9(12)7(2)3)11-10(13)14-4/h7-8H,5-6H2,1-4H3,(H,11,13). The second-order valence-electron chi connectivity index (χ2n) is 3.53. The third-order valence-corrected chi connectivity index (χ3v) is 1.97. The highest BCUT2D eigenvalue weighted by Gasteiger charge is 2.22. The van der Waals surface area contributed by atoms with Gasteiger partial charge in [0, 0.05) is 5.92 Å². The third kappa shape index (κ3) is 4.25. The van der Waals surface area contributed by atoms with Crippen molar-refractivity contribution in [2.24, 2.45) is 5.92 Å². The van der Waals surface area contributed by atoms with E-state index in [0.29, 0.717) is 6.42 Å². The monoisotopic (exact) mass is 201 g/mol. The highest BCUT2D eigenvalue weighted by Crippen LogP contribution is 2.05. The van der Waals surface area contributed by atoms with Crippen molar-refractivity contribution >= 4 is 11.9 Å². The number of hydrogen-bond acceptors (Lipinski definition) is 3. The van der Waals surface area contributed by atoms with Gasteiger partial charge in [-0.15, -0.1) is 0 Å². The van der Waals surface area contributed by atoms with Crippen LogP contribution in [0.5, 0.6) is 0 Å². The molecule has 1 amide bonds. The van der Waals surface area contributed by atoms with Crippen molar-refractivity contribution in [1.82, 2.24) is 5.32 Å². The summed E-state index contributed by atoms with van der Waals surface area (Å²) in [4.78, 5) is 22.6. The summed E-state index contributed by atoms with van der Waals surface area (Å²) in [5.74, 6) is -0.0130. The van der Waals surface area contributed by atoms with E-state index in [0.717, 1.165) is 6.42 Å². The topological polar surface area (TPSA) is 55.4 Å². The molecule has 0 aromatic carbocycles. The van der Waals surface area contributed by atoms with Crippen LogP contribution in [0.1, 0.15) is 33.6 Å². The number of alkyl carbamates (subject to hydrolysis) is 1. The zero-order valence-electron chi connectivity index (χ0n) is 9.29. The Bertz CT molecular complexity index is 202. The lowest BCUT2D eigenvalue weighted by atomic mass is 9.98. The van der Waals surface area contributed by atoms with Crippen molar-refractivity contribution < 1.29 is 14.3 Å². The number of carbonyl (C=O) groups excluding carboxylic acids is 2. The van der Waals surface area contributed by atoms with Crippen LogP contribution in [-0.2, 0) is 9.53 Å². The third-order valence-electron chi connectivity index (χ3n) is 1.97. The average Bonchev–Trinajstić information content (AvgIpc) is 2.15. The SMILES string of the molecule is CCCC(NC(=O)OC)C(=O)C(C)C. The second-order valence-corrected chi connectivity index (χ2v) is 3.53. The summed E-state index contributed by atoms with van der Waals surface area (Å²) in [5.41, 5.74) is 0. The number of amides is 1. The average molecular weight is 201 g/mol. The van der Waals surface area contributed by atoms with Gasteiger partial charge in [-0.3, -0.25) is 4.79 Å². The molecule has 1 atom stereocenters. The first-order valence-corrected chi connectivity index (χ1v) is 4.91. The summed E-state index contributed by atoms with van der Waals surface area (Å²) in [6.07, 6.45) is 0.969. The molecule has 82 valence electrons. The maximum Gasteiger partial charge on any atom is 0.407 e. The number of methoxy groups -OCH3 is 1. The molecule has 0 aromatic rings. The molecule has 1 N–H and O–H groups in total. The van der Waals surface area contributed by atoms with Crippen molar-refractivity contribution in [3.8, 4) is 0 Å². The summed E-state index contributed by atoms with van der Waals surface area (Å²) < 4.78 is 4.45. The van der Waals surface area contributed by atoms with Gasteiger partial charge in [0.1, 0.15) is 0 Å². The molecule has 4 nitrogen and oxygen atoms in total. The van der Waals surface area contributed by atoms with Gasteiger partial charge in [-0.25, -0.2) is 4.79 Å². The van der Waals surface area contributed by atoms with Crippen molar-refractivity contribution in [2.45, 2.75) is 39.7 Å². The Morgan fingerprint density at radius 1 is 1.36 bits per heavy atom. The Hall–Kier alpha value is -1.06. The van der Waals surface area contributed by atoms with Crippen LogP contribution in [0.25, 0.3) is 0 Å². The Morgan fingerprint density at radius 3 is 2.29 bits per heavy atom. The predicted octanol–water partition coefficient (Wildman–Crippen LogP) is 1.74. The molecule has 0 spiro atoms. The smallest absolute Gasteiger partial charge is 0.407 e. The lowest BCUT2D eigenvalue weighted by Crippen LogP contribution is -2.42. The molecule has 14 heavy (non-hydrogen) atoms. The molecule has 0 saturated heterocycles. The minimum atomic E-state index is -0.544. The van der Waals surface area contributed by atoms with Gasteiger partial charge in [0.2, 0.25) is 0 Å². The molecule has 1 unspecified atom stereocenters. The summed E-state index contributed by atoms with van der Waals surface area (Å²) in [6.45, 7) is 5.62. The molecule has 0 rings (SSSR count). The van der Waals surface area contributed by atoms with Crippen molar-refractivity contribution in [3.63, 3.8) is 0 Å². The first-order chi connectivity index (χ1) is 6.52. The summed E-state index contributed by atoms with van der Waals surface area (Å²) in [6, 6.07) is -0.410. The van der Waals surface area contributed by atoms with Crippen LogP contribution in [0.3, 0.4) is 0 Å². The first-order valence-electron chi connectivity index (χ1n) is 4.91. The van der Waals surface area contributed by atoms with Crippen LogP contribution in [0.2, 0.25) is 0 Å². The number of ether oxygens (including phenoxy) is 1. The molecular formula is C10H19NO3. The molecule has 4 heteroatoms. The van der Waals surface area contributed by atoms with E-state index in [9.17, 15) is 9.59 Å². The van der Waals surface area contributed by atoms with Gasteiger partial charge >= 0.3 is 6.09 Å². The molecule has 0 heterocycles. The fourth-order valence-corrected chi connectivity index (χ4v) is 1.18. The van der Waals surface area contributed by atoms with Crippen molar-refractivity contribution in [2.75, 3.05) is 7.11 Å². The second kappa shape index (κ2) is 6.40. The van der Waals surface area contributed by atoms with Crippen molar-refractivity contribution in [3.05, 3.63) is 0 Å². The quantitative estimate of drug-likeness (QED) is 0.737. The van der Waals surface area contributed by atoms with Crippen LogP contribution in [0, 0.1) is 5.92 Å². The number of nitrogens with one attached hydrogen (secondary N) is 1. The Kier molecular flexibility index (Phi) is 5.92. The van der Waals surface area contributed by atoms with Gasteiger partial charge in [-0.05, 0) is 6.42 Å². The lowest BCUT2D eigenvalue weighted by molar-refractivity contribution is -0.124. The first kappa shape index (κ1) is 12.9. The Morgan fingerprint density at radius 2 is 1.93 bits per heavy atom. The van der Waals surface area contributed by atoms with Crippen molar-refractivity contribution in [1.29, 1.82) is 0 Å². The largest absolute Gasteiger partial charge is 0.453 e. The van der Waals surface area contributed by atoms with Crippen LogP contribution >= 0.6 is 0 Å². The Labute approximate surface area is 85.0 Å². The van der Waals surface area contributed by atoms with Gasteiger partial charge < -0.3 is 10.1 Å². The molecule has 0 aliphatic heterocycles. The molecule has 0 saturated carbocycles. The molecule has 0 aromatic heterocycles. The van der Waals surface area contributed by atoms with Gasteiger partial charge in [0.05, 0.1) is 13.2 Å². The van der Waals surface area contributed by atoms with Crippen LogP contribution < -0.4 is 5.32 Å². The van der Waals surface area contributed by atoms with E-state index in [1.165, 1.54) is 7.11 Å². The summed E-state index contributed by atoms with van der Waals surface area (Å²) in [7, 11) is 1.29. The molecule has 0 aliphatic carbocycles. The van der Waals surface area contributed by atoms with E-state index in [2.05, 4.69) is 10.1 Å². The predicted molar refractivity (Wildman–Crippen MR) is 54.1 cm³/mol. The van der Waals surface area contributed by atoms with Gasteiger partial charge in [0.25, 0.3) is 0 Å². The summed E-state index contributed by atoms with van der Waals surface area (Å²) >= 11 is 0. The van der Waals surface area contributed by atoms with E-state index in [-0.39, 0.29) is 11.7 Å². The highest BCUT2D eigenvalue weighted by atomic mass is 16.5. The van der Waals surface area contributed by atoms with Gasteiger partial charge in [-0.2, -0.15) is 0 Å². The minimum absolute atomic E-state index is 0.0530. The highest BCUT2D eigenvalue weighted by molar-refractivity contribution is 5.88. The summed E-state index contributed by atoms with van der Waals surface area (Å²) in [5, 5.41) is 2.54. The van der Waals surface area contributed by atoms with E-state index in [4.69, 9.17) is 0 Å². The maximum absolute atomic E-state index is 11.6. The van der Waals surface area contributed by atoms with E-state index in [1.807, 2.05) is 20.8 Å². The molecule has 0 radical (unpaired) electrons. The fraction of sp³-hybridized carbons (Fsp3) is 0.800. The van der Waals surface area contributed by atoms with E-state index >= 15 is 0 Å². The van der Waals surface area contributed by atoms with Crippen LogP contribution in [0.15, 0.2) is 0 Å². The van der Waals surface area contributed by atoms with Gasteiger partial charge in [0.15, 0.2) is 5.78 Å². The molecule has 0 bridgehead atoms. The number of rotatable bonds is 5. The fourth-order valence-electron chi connectivity index (χ4n) is 1.18. The molecule has 0 fully saturated rings. The Balaban J connectivity index is 4.28. The lowest BCUT2D eigenvalue weighted by Gasteiger charge is -2.17. The molecular weight excluding hydrogens is 182 g/mol. The zero-order valence-corrected chi connectivity index (χ0v) is 9.29. The zero-order chi connectivity index (χ0) is 11.1. The van der Waals surface area contributed by atoms with E-state index < -0.39 is 12.1 Å². The van der Waals surface area contributed by atoms with E-state index in [1.54, 1.807) is 0 Å².